The van der Waals surface area contributed by atoms with Gasteiger partial charge in [0.05, 0.1) is 40.5 Å². The van der Waals surface area contributed by atoms with E-state index in [9.17, 15) is 22.4 Å². The Labute approximate surface area is 211 Å². The minimum atomic E-state index is -4.49. The highest BCUT2D eigenvalue weighted by molar-refractivity contribution is 7.23. The number of fused-ring (bicyclic) bond motifs is 1. The van der Waals surface area contributed by atoms with Crippen LogP contribution in [0.4, 0.5) is 23.2 Å². The molecule has 1 aliphatic rings. The molecule has 0 radical (unpaired) electrons. The predicted molar refractivity (Wildman–Crippen MR) is 127 cm³/mol. The summed E-state index contributed by atoms with van der Waals surface area (Å²) >= 11 is 1.08. The highest BCUT2D eigenvalue weighted by atomic mass is 32.1. The van der Waals surface area contributed by atoms with E-state index in [0.717, 1.165) is 11.3 Å². The first-order chi connectivity index (χ1) is 17.7. The van der Waals surface area contributed by atoms with Crippen molar-refractivity contribution in [2.45, 2.75) is 37.8 Å². The molecule has 2 N–H and O–H groups in total. The Bertz CT molecular complexity index is 1390. The fraction of sp³-hybridized carbons (Fsp3) is 0.391. The third-order valence-corrected chi connectivity index (χ3v) is 7.26. The molecular formula is C23H22F4N6O3S. The number of carbonyl (C=O) groups excluding carboxylic acids is 1. The molecule has 4 heterocycles. The van der Waals surface area contributed by atoms with Gasteiger partial charge in [0, 0.05) is 13.1 Å². The number of amides is 1. The van der Waals surface area contributed by atoms with Gasteiger partial charge in [0.1, 0.15) is 12.4 Å². The number of likely N-dealkylation sites (tertiary alicyclic amines) is 1. The molecule has 5 rings (SSSR count). The van der Waals surface area contributed by atoms with Crippen LogP contribution >= 0.6 is 11.3 Å². The van der Waals surface area contributed by atoms with Gasteiger partial charge in [-0.3, -0.25) is 4.79 Å². The van der Waals surface area contributed by atoms with E-state index in [1.807, 2.05) is 11.9 Å². The highest BCUT2D eigenvalue weighted by Gasteiger charge is 2.33. The molecule has 37 heavy (non-hydrogen) atoms. The second-order valence-electron chi connectivity index (χ2n) is 8.73. The third-order valence-electron chi connectivity index (χ3n) is 5.98. The summed E-state index contributed by atoms with van der Waals surface area (Å²) in [7, 11) is 1.84. The topological polar surface area (TPSA) is 109 Å². The Morgan fingerprint density at radius 2 is 2.16 bits per heavy atom. The van der Waals surface area contributed by atoms with E-state index in [-0.39, 0.29) is 41.1 Å². The number of benzene rings is 1. The Kier molecular flexibility index (Phi) is 6.86. The number of carbonyl (C=O) groups is 1. The second kappa shape index (κ2) is 10.1. The lowest BCUT2D eigenvalue weighted by Crippen LogP contribution is -2.46. The van der Waals surface area contributed by atoms with Crippen LogP contribution in [0.1, 0.15) is 28.6 Å². The first-order valence-corrected chi connectivity index (χ1v) is 12.2. The maximum atomic E-state index is 14.7. The van der Waals surface area contributed by atoms with Crippen LogP contribution in [-0.4, -0.2) is 64.5 Å². The van der Waals surface area contributed by atoms with Crippen molar-refractivity contribution in [2.24, 2.45) is 0 Å². The molecule has 1 aliphatic heterocycles. The molecule has 0 spiro atoms. The predicted octanol–water partition coefficient (Wildman–Crippen LogP) is 4.43. The summed E-state index contributed by atoms with van der Waals surface area (Å²) in [6.45, 7) is 0.816. The van der Waals surface area contributed by atoms with Gasteiger partial charge in [0.25, 0.3) is 5.89 Å². The van der Waals surface area contributed by atoms with Gasteiger partial charge in [-0.1, -0.05) is 17.3 Å². The van der Waals surface area contributed by atoms with Gasteiger partial charge < -0.3 is 24.5 Å². The summed E-state index contributed by atoms with van der Waals surface area (Å²) in [4.78, 5) is 22.0. The number of piperidine rings is 1. The number of halogens is 4. The van der Waals surface area contributed by atoms with Crippen molar-refractivity contribution in [1.82, 2.24) is 25.3 Å². The van der Waals surface area contributed by atoms with Crippen LogP contribution < -0.4 is 10.6 Å². The molecule has 196 valence electrons. The second-order valence-corrected chi connectivity index (χ2v) is 9.75. The molecule has 9 nitrogen and oxygen atoms in total. The molecule has 1 saturated heterocycles. The number of oxazole rings is 1. The summed E-state index contributed by atoms with van der Waals surface area (Å²) in [5.41, 5.74) is 0.559. The Morgan fingerprint density at radius 3 is 2.89 bits per heavy atom. The molecule has 3 aromatic heterocycles. The van der Waals surface area contributed by atoms with Gasteiger partial charge in [-0.2, -0.15) is 18.2 Å². The zero-order valence-electron chi connectivity index (χ0n) is 19.5. The number of hydrogen-bond acceptors (Lipinski definition) is 9. The number of nitrogens with zero attached hydrogens (tertiary/aromatic N) is 4. The lowest BCUT2D eigenvalue weighted by molar-refractivity contribution is -0.126. The number of hydrogen-bond donors (Lipinski definition) is 2. The Balaban J connectivity index is 1.45. The van der Waals surface area contributed by atoms with Crippen LogP contribution in [0.3, 0.4) is 0 Å². The number of thiophene rings is 1. The SMILES string of the molecule is CN1CC[C@@H](Nc2cccc3c(CC(F)(F)F)c(-c4noc(CNC(=O)c5ncco5)n4)sc23)[C@@H](F)C1. The van der Waals surface area contributed by atoms with Crippen LogP contribution in [0.25, 0.3) is 20.8 Å². The summed E-state index contributed by atoms with van der Waals surface area (Å²) in [5.74, 6) is -0.804. The maximum Gasteiger partial charge on any atom is 0.393 e. The van der Waals surface area contributed by atoms with Crippen LogP contribution in [0.15, 0.2) is 39.6 Å². The highest BCUT2D eigenvalue weighted by Crippen LogP contribution is 2.43. The van der Waals surface area contributed by atoms with Crippen molar-refractivity contribution >= 4 is 33.0 Å². The fourth-order valence-electron chi connectivity index (χ4n) is 4.25. The van der Waals surface area contributed by atoms with Gasteiger partial charge in [0.2, 0.25) is 11.7 Å². The summed E-state index contributed by atoms with van der Waals surface area (Å²) < 4.78 is 66.0. The largest absolute Gasteiger partial charge is 0.441 e. The van der Waals surface area contributed by atoms with Crippen molar-refractivity contribution in [3.05, 3.63) is 48.0 Å². The van der Waals surface area contributed by atoms with Crippen molar-refractivity contribution in [3.8, 4) is 10.7 Å². The maximum absolute atomic E-state index is 14.7. The lowest BCUT2D eigenvalue weighted by Gasteiger charge is -2.33. The van der Waals surface area contributed by atoms with Gasteiger partial charge in [-0.15, -0.1) is 11.3 Å². The van der Waals surface area contributed by atoms with Crippen LogP contribution in [0.5, 0.6) is 0 Å². The molecule has 1 amide bonds. The van der Waals surface area contributed by atoms with E-state index < -0.39 is 30.7 Å². The number of nitrogens with one attached hydrogen (secondary N) is 2. The van der Waals surface area contributed by atoms with Crippen molar-refractivity contribution in [1.29, 1.82) is 0 Å². The van der Waals surface area contributed by atoms with Crippen molar-refractivity contribution in [2.75, 3.05) is 25.5 Å². The minimum Gasteiger partial charge on any atom is -0.441 e. The molecule has 1 aromatic carbocycles. The molecule has 0 saturated carbocycles. The Morgan fingerprint density at radius 1 is 1.32 bits per heavy atom. The van der Waals surface area contributed by atoms with Gasteiger partial charge >= 0.3 is 12.1 Å². The Hall–Kier alpha value is -3.52. The molecule has 0 bridgehead atoms. The number of alkyl halides is 4. The minimum absolute atomic E-state index is 0.00438. The molecule has 4 aromatic rings. The zero-order chi connectivity index (χ0) is 26.2. The quantitative estimate of drug-likeness (QED) is 0.333. The first-order valence-electron chi connectivity index (χ1n) is 11.4. The summed E-state index contributed by atoms with van der Waals surface area (Å²) in [5, 5.41) is 9.93. The van der Waals surface area contributed by atoms with Gasteiger partial charge in [-0.05, 0) is 30.5 Å². The molecule has 1 fully saturated rings. The van der Waals surface area contributed by atoms with Gasteiger partial charge in [-0.25, -0.2) is 9.37 Å². The van der Waals surface area contributed by atoms with Crippen LogP contribution in [0, 0.1) is 0 Å². The fourth-order valence-corrected chi connectivity index (χ4v) is 5.47. The van der Waals surface area contributed by atoms with Gasteiger partial charge in [0.15, 0.2) is 0 Å². The zero-order valence-corrected chi connectivity index (χ0v) is 20.3. The smallest absolute Gasteiger partial charge is 0.393 e. The molecule has 0 unspecified atom stereocenters. The standard InChI is InChI=1S/C23H22F4N6O3S/c1-33-7-5-15(14(24)11-33)30-16-4-2-3-12-13(9-23(25,26)27)19(37-18(12)16)20-31-17(36-32-20)10-29-21(34)22-28-6-8-35-22/h2-4,6,8,14-15,30H,5,7,9-11H2,1H3,(H,29,34)/t14-,15+/m0/s1. The average Bonchev–Trinajstić information content (AvgIpc) is 3.59. The summed E-state index contributed by atoms with van der Waals surface area (Å²) in [6.07, 6.45) is -3.68. The average molecular weight is 539 g/mol. The molecule has 2 atom stereocenters. The molecular weight excluding hydrogens is 516 g/mol. The normalized spacial score (nSPS) is 18.8. The lowest BCUT2D eigenvalue weighted by atomic mass is 10.0. The van der Waals surface area contributed by atoms with Crippen molar-refractivity contribution < 1.29 is 31.3 Å². The van der Waals surface area contributed by atoms with Crippen molar-refractivity contribution in [3.63, 3.8) is 0 Å². The number of anilines is 1. The summed E-state index contributed by atoms with van der Waals surface area (Å²) in [6, 6.07) is 4.51. The van der Waals surface area contributed by atoms with Crippen LogP contribution in [0.2, 0.25) is 0 Å². The van der Waals surface area contributed by atoms with E-state index >= 15 is 0 Å². The molecule has 0 aliphatic carbocycles. The van der Waals surface area contributed by atoms with E-state index in [1.165, 1.54) is 12.5 Å². The van der Waals surface area contributed by atoms with E-state index in [1.54, 1.807) is 18.2 Å². The van der Waals surface area contributed by atoms with E-state index in [4.69, 9.17) is 8.94 Å². The van der Waals surface area contributed by atoms with Crippen LogP contribution in [-0.2, 0) is 13.0 Å². The van der Waals surface area contributed by atoms with E-state index in [0.29, 0.717) is 28.7 Å². The number of aromatic nitrogens is 3. The third kappa shape index (κ3) is 5.59. The first kappa shape index (κ1) is 25.1. The monoisotopic (exact) mass is 538 g/mol. The number of rotatable bonds is 7. The van der Waals surface area contributed by atoms with E-state index in [2.05, 4.69) is 25.8 Å². The molecule has 14 heteroatoms.